The maximum Gasteiger partial charge on any atom is 0.246 e. The summed E-state index contributed by atoms with van der Waals surface area (Å²) in [4.78, 5) is 14.3. The van der Waals surface area contributed by atoms with Crippen LogP contribution in [0, 0.1) is 0 Å². The van der Waals surface area contributed by atoms with Gasteiger partial charge in [-0.3, -0.25) is 4.79 Å². The van der Waals surface area contributed by atoms with Crippen LogP contribution in [-0.4, -0.2) is 19.0 Å². The lowest BCUT2D eigenvalue weighted by Gasteiger charge is -2.28. The van der Waals surface area contributed by atoms with Crippen LogP contribution < -0.4 is 16.0 Å². The van der Waals surface area contributed by atoms with Gasteiger partial charge in [-0.2, -0.15) is 0 Å². The Labute approximate surface area is 125 Å². The number of para-hydroxylation sites is 2. The number of nitrogens with one attached hydrogen (secondary N) is 1. The van der Waals surface area contributed by atoms with Crippen molar-refractivity contribution in [1.29, 1.82) is 0 Å². The van der Waals surface area contributed by atoms with Gasteiger partial charge >= 0.3 is 0 Å². The van der Waals surface area contributed by atoms with Crippen molar-refractivity contribution in [1.82, 2.24) is 0 Å². The highest BCUT2D eigenvalue weighted by molar-refractivity contribution is 5.96. The Kier molecular flexibility index (Phi) is 4.95. The number of hydrogen-bond donors (Lipinski definition) is 2. The Bertz CT molecular complexity index is 598. The second-order valence-corrected chi connectivity index (χ2v) is 4.97. The summed E-state index contributed by atoms with van der Waals surface area (Å²) in [5.74, 6) is -0.0458. The van der Waals surface area contributed by atoms with Crippen molar-refractivity contribution in [2.75, 3.05) is 17.3 Å². The molecule has 110 valence electrons. The van der Waals surface area contributed by atoms with E-state index >= 15 is 0 Å². The highest BCUT2D eigenvalue weighted by Crippen LogP contribution is 2.21. The predicted octanol–water partition coefficient (Wildman–Crippen LogP) is 2.61. The van der Waals surface area contributed by atoms with E-state index in [1.54, 1.807) is 0 Å². The van der Waals surface area contributed by atoms with Crippen molar-refractivity contribution in [3.05, 3.63) is 60.2 Å². The molecule has 1 unspecified atom stereocenters. The molecule has 4 nitrogen and oxygen atoms in total. The van der Waals surface area contributed by atoms with Crippen molar-refractivity contribution in [2.45, 2.75) is 19.5 Å². The van der Waals surface area contributed by atoms with E-state index in [2.05, 4.69) is 5.32 Å². The lowest BCUT2D eigenvalue weighted by molar-refractivity contribution is -0.117. The Morgan fingerprint density at radius 3 is 2.43 bits per heavy atom. The summed E-state index contributed by atoms with van der Waals surface area (Å²) in [7, 11) is 1.91. The fraction of sp³-hybridized carbons (Fsp3) is 0.235. The molecule has 21 heavy (non-hydrogen) atoms. The smallest absolute Gasteiger partial charge is 0.246 e. The number of anilines is 2. The molecule has 4 heteroatoms. The molecule has 0 spiro atoms. The second-order valence-electron chi connectivity index (χ2n) is 4.97. The van der Waals surface area contributed by atoms with Crippen LogP contribution in [0.25, 0.3) is 0 Å². The zero-order valence-corrected chi connectivity index (χ0v) is 12.4. The molecule has 0 aromatic heterocycles. The van der Waals surface area contributed by atoms with Gasteiger partial charge in [0.25, 0.3) is 0 Å². The maximum atomic E-state index is 12.3. The fourth-order valence-electron chi connectivity index (χ4n) is 2.18. The van der Waals surface area contributed by atoms with Gasteiger partial charge in [0.2, 0.25) is 5.91 Å². The van der Waals surface area contributed by atoms with Crippen molar-refractivity contribution >= 4 is 17.3 Å². The average Bonchev–Trinajstić information content (AvgIpc) is 2.54. The quantitative estimate of drug-likeness (QED) is 0.887. The lowest BCUT2D eigenvalue weighted by Crippen LogP contribution is -2.40. The molecule has 0 saturated carbocycles. The molecule has 3 N–H and O–H groups in total. The molecule has 0 bridgehead atoms. The maximum absolute atomic E-state index is 12.3. The summed E-state index contributed by atoms with van der Waals surface area (Å²) in [6.45, 7) is 2.33. The molecule has 0 aliphatic carbocycles. The van der Waals surface area contributed by atoms with Crippen molar-refractivity contribution < 1.29 is 4.79 Å². The van der Waals surface area contributed by atoms with E-state index in [1.807, 2.05) is 73.5 Å². The second kappa shape index (κ2) is 6.90. The third-order valence-electron chi connectivity index (χ3n) is 3.59. The number of hydrogen-bond acceptors (Lipinski definition) is 3. The number of carbonyl (C=O) groups is 1. The molecule has 0 fully saturated rings. The first-order valence-corrected chi connectivity index (χ1v) is 7.00. The zero-order valence-electron chi connectivity index (χ0n) is 12.4. The Morgan fingerprint density at radius 2 is 1.76 bits per heavy atom. The van der Waals surface area contributed by atoms with Crippen LogP contribution in [0.5, 0.6) is 0 Å². The van der Waals surface area contributed by atoms with E-state index < -0.39 is 0 Å². The summed E-state index contributed by atoms with van der Waals surface area (Å²) in [5.41, 5.74) is 8.57. The van der Waals surface area contributed by atoms with E-state index in [4.69, 9.17) is 5.73 Å². The lowest BCUT2D eigenvalue weighted by atomic mass is 10.1. The third-order valence-corrected chi connectivity index (χ3v) is 3.59. The summed E-state index contributed by atoms with van der Waals surface area (Å²) >= 11 is 0. The van der Waals surface area contributed by atoms with Gasteiger partial charge in [-0.15, -0.1) is 0 Å². The van der Waals surface area contributed by atoms with Crippen LogP contribution in [0.3, 0.4) is 0 Å². The predicted molar refractivity (Wildman–Crippen MR) is 87.3 cm³/mol. The first-order valence-electron chi connectivity index (χ1n) is 7.00. The Morgan fingerprint density at radius 1 is 1.14 bits per heavy atom. The summed E-state index contributed by atoms with van der Waals surface area (Å²) < 4.78 is 0. The number of amides is 1. The SMILES string of the molecule is CC(C(=O)Nc1ccccc1)N(C)c1ccccc1CN. The molecule has 0 aliphatic heterocycles. The van der Waals surface area contributed by atoms with Gasteiger partial charge in [0, 0.05) is 25.0 Å². The van der Waals surface area contributed by atoms with E-state index in [0.29, 0.717) is 6.54 Å². The van der Waals surface area contributed by atoms with Crippen LogP contribution in [0.1, 0.15) is 12.5 Å². The van der Waals surface area contributed by atoms with E-state index in [-0.39, 0.29) is 11.9 Å². The molecule has 1 atom stereocenters. The van der Waals surface area contributed by atoms with Gasteiger partial charge in [-0.25, -0.2) is 0 Å². The number of likely N-dealkylation sites (N-methyl/N-ethyl adjacent to an activating group) is 1. The van der Waals surface area contributed by atoms with Crippen LogP contribution >= 0.6 is 0 Å². The molecule has 2 rings (SSSR count). The number of nitrogens with zero attached hydrogens (tertiary/aromatic N) is 1. The molecule has 0 saturated heterocycles. The van der Waals surface area contributed by atoms with Gasteiger partial charge in [0.15, 0.2) is 0 Å². The summed E-state index contributed by atoms with van der Waals surface area (Å²) in [6, 6.07) is 17.0. The molecule has 2 aromatic rings. The standard InChI is InChI=1S/C17H21N3O/c1-13(17(21)19-15-9-4-3-5-10-15)20(2)16-11-7-6-8-14(16)12-18/h3-11,13H,12,18H2,1-2H3,(H,19,21). The minimum Gasteiger partial charge on any atom is -0.363 e. The van der Waals surface area contributed by atoms with Gasteiger partial charge in [-0.1, -0.05) is 36.4 Å². The molecular weight excluding hydrogens is 262 g/mol. The van der Waals surface area contributed by atoms with Gasteiger partial charge in [0.05, 0.1) is 0 Å². The fourth-order valence-corrected chi connectivity index (χ4v) is 2.18. The van der Waals surface area contributed by atoms with E-state index in [1.165, 1.54) is 0 Å². The van der Waals surface area contributed by atoms with Crippen molar-refractivity contribution in [2.24, 2.45) is 5.73 Å². The summed E-state index contributed by atoms with van der Waals surface area (Å²) in [5, 5.41) is 2.92. The van der Waals surface area contributed by atoms with Crippen molar-refractivity contribution in [3.63, 3.8) is 0 Å². The topological polar surface area (TPSA) is 58.4 Å². The minimum absolute atomic E-state index is 0.0458. The average molecular weight is 283 g/mol. The van der Waals surface area contributed by atoms with Crippen LogP contribution in [-0.2, 0) is 11.3 Å². The monoisotopic (exact) mass is 283 g/mol. The van der Waals surface area contributed by atoms with E-state index in [9.17, 15) is 4.79 Å². The largest absolute Gasteiger partial charge is 0.363 e. The van der Waals surface area contributed by atoms with Crippen molar-refractivity contribution in [3.8, 4) is 0 Å². The van der Waals surface area contributed by atoms with Crippen LogP contribution in [0.4, 0.5) is 11.4 Å². The molecule has 2 aromatic carbocycles. The Balaban J connectivity index is 2.11. The highest BCUT2D eigenvalue weighted by atomic mass is 16.2. The Hall–Kier alpha value is -2.33. The zero-order chi connectivity index (χ0) is 15.2. The number of rotatable bonds is 5. The number of benzene rings is 2. The number of nitrogens with two attached hydrogens (primary N) is 1. The van der Waals surface area contributed by atoms with Gasteiger partial charge in [0.1, 0.15) is 6.04 Å². The molecule has 0 radical (unpaired) electrons. The summed E-state index contributed by atoms with van der Waals surface area (Å²) in [6.07, 6.45) is 0. The normalized spacial score (nSPS) is 11.8. The number of carbonyl (C=O) groups excluding carboxylic acids is 1. The minimum atomic E-state index is -0.294. The molecular formula is C17H21N3O. The van der Waals surface area contributed by atoms with Crippen LogP contribution in [0.2, 0.25) is 0 Å². The first kappa shape index (κ1) is 15.1. The van der Waals surface area contributed by atoms with E-state index in [0.717, 1.165) is 16.9 Å². The molecule has 1 amide bonds. The van der Waals surface area contributed by atoms with Crippen LogP contribution in [0.15, 0.2) is 54.6 Å². The first-order chi connectivity index (χ1) is 10.1. The van der Waals surface area contributed by atoms with Gasteiger partial charge in [-0.05, 0) is 30.7 Å². The third kappa shape index (κ3) is 3.61. The highest BCUT2D eigenvalue weighted by Gasteiger charge is 2.19. The molecule has 0 heterocycles. The van der Waals surface area contributed by atoms with Gasteiger partial charge < -0.3 is 16.0 Å². The molecule has 0 aliphatic rings.